The van der Waals surface area contributed by atoms with Crippen LogP contribution in [0.4, 0.5) is 0 Å². The van der Waals surface area contributed by atoms with Gasteiger partial charge >= 0.3 is 0 Å². The molecule has 26 nitrogen and oxygen atoms in total. The minimum atomic E-state index is -1.66. The molecule has 13 atom stereocenters. The van der Waals surface area contributed by atoms with Gasteiger partial charge in [0.2, 0.25) is 59.1 Å². The second-order valence-corrected chi connectivity index (χ2v) is 32.1. The van der Waals surface area contributed by atoms with E-state index in [0.29, 0.717) is 45.0 Å². The number of hydrogen-bond acceptors (Lipinski definition) is 16. The van der Waals surface area contributed by atoms with Gasteiger partial charge in [0.15, 0.2) is 5.37 Å². The molecule has 3 rings (SSSR count). The minimum Gasteiger partial charge on any atom is -0.390 e. The van der Waals surface area contributed by atoms with Crippen molar-refractivity contribution in [1.29, 1.82) is 0 Å². The van der Waals surface area contributed by atoms with Gasteiger partial charge in [-0.1, -0.05) is 126 Å². The highest BCUT2D eigenvalue weighted by molar-refractivity contribution is 8.00. The van der Waals surface area contributed by atoms with Crippen LogP contribution in [0.15, 0.2) is 42.5 Å². The number of hydrogen-bond donors (Lipinski definition) is 5. The van der Waals surface area contributed by atoms with Gasteiger partial charge < -0.3 is 70.1 Å². The van der Waals surface area contributed by atoms with Gasteiger partial charge in [0.25, 0.3) is 5.91 Å². The van der Waals surface area contributed by atoms with Crippen LogP contribution in [-0.4, -0.2) is 275 Å². The zero-order chi connectivity index (χ0) is 78.2. The Morgan fingerprint density at radius 2 is 1.06 bits per heavy atom. The maximum absolute atomic E-state index is 15.8. The number of nitrogens with zero attached hydrogens (tertiary/aromatic N) is 8. The van der Waals surface area contributed by atoms with Crippen LogP contribution in [0, 0.1) is 35.5 Å². The molecule has 2 aliphatic heterocycles. The molecular formula is C76H130N12O14S. The highest BCUT2D eigenvalue weighted by atomic mass is 32.2. The average molecular weight is 1470 g/mol. The van der Waals surface area contributed by atoms with Crippen molar-refractivity contribution in [3.05, 3.63) is 48.0 Å². The Labute approximate surface area is 619 Å². The van der Waals surface area contributed by atoms with Gasteiger partial charge in [0, 0.05) is 68.8 Å². The first-order valence-corrected chi connectivity index (χ1v) is 38.1. The Kier molecular flexibility index (Phi) is 37.3. The summed E-state index contributed by atoms with van der Waals surface area (Å²) in [6, 6.07) is -3.63. The molecule has 0 saturated carbocycles. The van der Waals surface area contributed by atoms with E-state index >= 15 is 38.4 Å². The van der Waals surface area contributed by atoms with Crippen molar-refractivity contribution in [3.8, 4) is 0 Å². The summed E-state index contributed by atoms with van der Waals surface area (Å²) in [4.78, 5) is 178. The Bertz CT molecular complexity index is 2980. The molecule has 0 spiro atoms. The SMILES string of the molecule is C/C=C/C[C@@H](C)[C@@H](O)[C@H]1C(=O)N[C@@H](CC)C(=O)N(C)[C@H](SCCCN2CCOCC2)C(=O)N(C)[C@@H](CC(C)(C)OCc2ccccc2)C(=O)N[C@@H](C(C)C)C(=O)N(C)[C@@H](CC(C)C)C(=O)N[C@@H](C)C(=O)N[C@H](C)C(=O)N(C)[C@@H](CC(C)C)C(=O)N(C)[C@@H](CC(C)C)C(=O)N(C)[C@@H](C(C)C)C(=O)N1C. The number of ether oxygens (including phenoxy) is 2. The third-order valence-corrected chi connectivity index (χ3v) is 21.0. The van der Waals surface area contributed by atoms with Gasteiger partial charge in [-0.2, -0.15) is 0 Å². The number of amides is 11. The topological polar surface area (TPSA) is 300 Å². The number of thioether (sulfide) groups is 1. The first-order valence-electron chi connectivity index (χ1n) is 37.0. The maximum atomic E-state index is 15.8. The molecule has 2 heterocycles. The van der Waals surface area contributed by atoms with Crippen molar-refractivity contribution < 1.29 is 67.3 Å². The van der Waals surface area contributed by atoms with Crippen molar-refractivity contribution in [1.82, 2.24) is 60.5 Å². The van der Waals surface area contributed by atoms with Crippen molar-refractivity contribution in [2.75, 3.05) is 87.9 Å². The lowest BCUT2D eigenvalue weighted by molar-refractivity contribution is -0.157. The summed E-state index contributed by atoms with van der Waals surface area (Å²) in [5, 5.41) is 22.4. The van der Waals surface area contributed by atoms with Gasteiger partial charge in [0.05, 0.1) is 31.5 Å². The molecule has 2 saturated heterocycles. The standard InChI is InChI=1S/C76H130N12O14S/c1-25-27-32-51(13)63(89)62-67(93)79-55(26-2)69(95)87(24)75(103-40-31-35-88-36-38-101-39-37-88)74(100)84(21)59(44-76(16,17)102-45-54-33-29-28-30-34-54)66(92)80-60(49(9)10)72(98)81(18)56(41-46(3)4)65(91)77-52(14)64(90)78-53(15)68(94)82(19)57(42-47(5)6)70(96)83(20)58(43-48(7)8)71(97)85(22)61(50(11)12)73(99)86(62)23/h25,27-30,33-34,46-53,55-63,75,89H,26,31-32,35-45H2,1-24H3,(H,77,91)(H,78,90)(H,79,93)(H,80,92)/b27-25+/t51-,52+,53-,55+,56+,57+,58+,59+,60+,61+,62+,63-,75-/m1/s1. The van der Waals surface area contributed by atoms with E-state index in [1.54, 1.807) is 61.5 Å². The maximum Gasteiger partial charge on any atom is 0.256 e. The number of allylic oxidation sites excluding steroid dienone is 2. The fourth-order valence-electron chi connectivity index (χ4n) is 13.1. The zero-order valence-electron chi connectivity index (χ0n) is 66.6. The van der Waals surface area contributed by atoms with E-state index in [1.807, 2.05) is 84.9 Å². The van der Waals surface area contributed by atoms with E-state index in [0.717, 1.165) is 10.5 Å². The van der Waals surface area contributed by atoms with Gasteiger partial charge in [-0.25, -0.2) is 0 Å². The number of aliphatic hydroxyl groups excluding tert-OH is 1. The molecule has 27 heteroatoms. The summed E-state index contributed by atoms with van der Waals surface area (Å²) >= 11 is 1.17. The lowest BCUT2D eigenvalue weighted by Crippen LogP contribution is -2.64. The van der Waals surface area contributed by atoms with Crippen LogP contribution < -0.4 is 21.3 Å². The number of aliphatic hydroxyl groups is 1. The number of morpholine rings is 1. The molecule has 584 valence electrons. The summed E-state index contributed by atoms with van der Waals surface area (Å²) in [5.74, 6) is -9.73. The molecule has 0 bridgehead atoms. The quantitative estimate of drug-likeness (QED) is 0.0678. The Morgan fingerprint density at radius 1 is 0.563 bits per heavy atom. The average Bonchev–Trinajstić information content (AvgIpc) is 0.806. The molecule has 0 radical (unpaired) electrons. The molecule has 1 aromatic rings. The second kappa shape index (κ2) is 42.5. The van der Waals surface area contributed by atoms with Crippen molar-refractivity contribution in [3.63, 3.8) is 0 Å². The van der Waals surface area contributed by atoms with Gasteiger partial charge in [-0.3, -0.25) is 57.6 Å². The van der Waals surface area contributed by atoms with Crippen LogP contribution in [0.2, 0.25) is 0 Å². The molecule has 11 amide bonds. The predicted octanol–water partition coefficient (Wildman–Crippen LogP) is 5.39. The third kappa shape index (κ3) is 26.4. The summed E-state index contributed by atoms with van der Waals surface area (Å²) in [7, 11) is 10.1. The van der Waals surface area contributed by atoms with E-state index in [9.17, 15) is 19.5 Å². The molecule has 1 aromatic carbocycles. The molecule has 2 fully saturated rings. The van der Waals surface area contributed by atoms with Gasteiger partial charge in [-0.05, 0) is 127 Å². The predicted molar refractivity (Wildman–Crippen MR) is 402 cm³/mol. The first kappa shape index (κ1) is 90.5. The number of carbonyl (C=O) groups excluding carboxylic acids is 11. The summed E-state index contributed by atoms with van der Waals surface area (Å²) < 4.78 is 12.1. The molecule has 5 N–H and O–H groups in total. The first-order chi connectivity index (χ1) is 48.1. The Hall–Kier alpha value is -6.68. The molecule has 103 heavy (non-hydrogen) atoms. The lowest BCUT2D eigenvalue weighted by Gasteiger charge is -2.41. The lowest BCUT2D eigenvalue weighted by atomic mass is 9.91. The molecule has 2 aliphatic rings. The highest BCUT2D eigenvalue weighted by Crippen LogP contribution is 2.29. The monoisotopic (exact) mass is 1470 g/mol. The van der Waals surface area contributed by atoms with Crippen LogP contribution in [0.1, 0.15) is 168 Å². The number of rotatable bonds is 23. The fraction of sp³-hybridized carbons (Fsp3) is 0.750. The zero-order valence-corrected chi connectivity index (χ0v) is 67.4. The van der Waals surface area contributed by atoms with Crippen LogP contribution in [-0.2, 0) is 68.8 Å². The summed E-state index contributed by atoms with van der Waals surface area (Å²) in [6.07, 6.45) is 3.18. The van der Waals surface area contributed by atoms with Crippen LogP contribution in [0.25, 0.3) is 0 Å². The van der Waals surface area contributed by atoms with Gasteiger partial charge in [0.1, 0.15) is 60.4 Å². The number of carbonyl (C=O) groups is 11. The van der Waals surface area contributed by atoms with E-state index in [4.69, 9.17) is 9.47 Å². The number of nitrogens with one attached hydrogen (secondary N) is 4. The van der Waals surface area contributed by atoms with Crippen molar-refractivity contribution in [2.45, 2.75) is 247 Å². The summed E-state index contributed by atoms with van der Waals surface area (Å²) in [6.45, 7) is 33.2. The number of likely N-dealkylation sites (N-methyl/N-ethyl adjacent to an activating group) is 7. The molecule has 0 aliphatic carbocycles. The molecular weight excluding hydrogens is 1340 g/mol. The van der Waals surface area contributed by atoms with Crippen molar-refractivity contribution >= 4 is 76.7 Å². The second-order valence-electron chi connectivity index (χ2n) is 30.9. The Balaban J connectivity index is 2.45. The molecule has 0 aromatic heterocycles. The molecule has 0 unspecified atom stereocenters. The third-order valence-electron chi connectivity index (χ3n) is 19.7. The smallest absolute Gasteiger partial charge is 0.256 e. The fourth-order valence-corrected chi connectivity index (χ4v) is 14.2. The van der Waals surface area contributed by atoms with Gasteiger partial charge in [-0.15, -0.1) is 11.8 Å². The van der Waals surface area contributed by atoms with E-state index < -0.39 is 160 Å². The van der Waals surface area contributed by atoms with E-state index in [-0.39, 0.29) is 62.9 Å². The van der Waals surface area contributed by atoms with Crippen molar-refractivity contribution in [2.24, 2.45) is 35.5 Å². The normalized spacial score (nSPS) is 26.2. The largest absolute Gasteiger partial charge is 0.390 e. The van der Waals surface area contributed by atoms with Crippen LogP contribution in [0.3, 0.4) is 0 Å². The van der Waals surface area contributed by atoms with E-state index in [1.165, 1.54) is 104 Å². The van der Waals surface area contributed by atoms with Crippen LogP contribution >= 0.6 is 11.8 Å². The summed E-state index contributed by atoms with van der Waals surface area (Å²) in [5.41, 5.74) is -0.292. The minimum absolute atomic E-state index is 0.0247. The Morgan fingerprint density at radius 3 is 1.58 bits per heavy atom. The highest BCUT2D eigenvalue weighted by Gasteiger charge is 2.47. The number of benzene rings is 1. The van der Waals surface area contributed by atoms with E-state index in [2.05, 4.69) is 26.2 Å². The van der Waals surface area contributed by atoms with Crippen LogP contribution in [0.5, 0.6) is 0 Å².